The zero-order valence-electron chi connectivity index (χ0n) is 9.55. The first-order chi connectivity index (χ1) is 7.18. The number of hydrogen-bond acceptors (Lipinski definition) is 2. The van der Waals surface area contributed by atoms with Crippen LogP contribution in [0.3, 0.4) is 0 Å². The Morgan fingerprint density at radius 2 is 1.56 bits per heavy atom. The molecule has 3 heteroatoms. The predicted molar refractivity (Wildman–Crippen MR) is 58.7 cm³/mol. The molecule has 0 amide bonds. The van der Waals surface area contributed by atoms with Gasteiger partial charge in [0.05, 0.1) is 0 Å². The van der Waals surface area contributed by atoms with E-state index in [1.165, 1.54) is 12.1 Å². The summed E-state index contributed by atoms with van der Waals surface area (Å²) in [5.74, 6) is 0.410. The van der Waals surface area contributed by atoms with Crippen LogP contribution in [0.2, 0.25) is 0 Å². The zero-order valence-corrected chi connectivity index (χ0v) is 11.6. The largest absolute Gasteiger partial charge is 1.00 e. The number of benzene rings is 2. The van der Waals surface area contributed by atoms with Crippen molar-refractivity contribution in [3.63, 3.8) is 0 Å². The number of phenolic OH excluding ortho intramolecular Hbond substituents is 1. The molecule has 0 radical (unpaired) electrons. The van der Waals surface area contributed by atoms with Crippen LogP contribution < -0.4 is 34.7 Å². The van der Waals surface area contributed by atoms with E-state index in [4.69, 9.17) is 5.11 Å². The molecule has 2 aromatic carbocycles. The summed E-state index contributed by atoms with van der Waals surface area (Å²) in [6, 6.07) is 15.5. The Bertz CT molecular complexity index is 384. The Morgan fingerprint density at radius 1 is 0.938 bits per heavy atom. The van der Waals surface area contributed by atoms with Gasteiger partial charge in [-0.3, -0.25) is 0 Å². The molecule has 0 saturated carbocycles. The van der Waals surface area contributed by atoms with Crippen LogP contribution in [-0.4, -0.2) is 5.11 Å². The zero-order chi connectivity index (χ0) is 11.1. The van der Waals surface area contributed by atoms with Crippen LogP contribution in [0.5, 0.6) is 11.5 Å². The maximum Gasteiger partial charge on any atom is 1.00 e. The Hall–Kier alpha value is -0.960. The molecule has 2 rings (SSSR count). The fourth-order valence-corrected chi connectivity index (χ4v) is 1.05. The molecule has 78 valence electrons. The fraction of sp³-hybridized carbons (Fsp3) is 0.0769. The van der Waals surface area contributed by atoms with Crippen LogP contribution in [0.4, 0.5) is 0 Å². The van der Waals surface area contributed by atoms with Gasteiger partial charge in [0.25, 0.3) is 0 Å². The van der Waals surface area contributed by atoms with Crippen LogP contribution >= 0.6 is 0 Å². The SMILES string of the molecule is Cc1cccc(O)c1.[Na+].[O-]c1ccccc1. The number of rotatable bonds is 0. The van der Waals surface area contributed by atoms with Crippen molar-refractivity contribution >= 4 is 0 Å². The van der Waals surface area contributed by atoms with Gasteiger partial charge in [-0.05, 0) is 24.6 Å². The Balaban J connectivity index is 0.000000267. The summed E-state index contributed by atoms with van der Waals surface area (Å²) in [5, 5.41) is 19.1. The second-order valence-electron chi connectivity index (χ2n) is 3.15. The van der Waals surface area contributed by atoms with Gasteiger partial charge in [-0.2, -0.15) is 0 Å². The van der Waals surface area contributed by atoms with E-state index in [0.717, 1.165) is 5.56 Å². The first kappa shape index (κ1) is 15.0. The number of para-hydroxylation sites is 1. The van der Waals surface area contributed by atoms with Crippen LogP contribution in [0.1, 0.15) is 5.56 Å². The molecular formula is C13H13NaO2. The fourth-order valence-electron chi connectivity index (χ4n) is 1.05. The third-order valence-electron chi connectivity index (χ3n) is 1.74. The van der Waals surface area contributed by atoms with E-state index in [9.17, 15) is 5.11 Å². The summed E-state index contributed by atoms with van der Waals surface area (Å²) < 4.78 is 0. The van der Waals surface area contributed by atoms with Gasteiger partial charge in [0, 0.05) is 0 Å². The average Bonchev–Trinajstić information content (AvgIpc) is 2.19. The quantitative estimate of drug-likeness (QED) is 0.611. The van der Waals surface area contributed by atoms with Gasteiger partial charge in [0.2, 0.25) is 0 Å². The van der Waals surface area contributed by atoms with Gasteiger partial charge in [-0.15, -0.1) is 5.75 Å². The Kier molecular flexibility index (Phi) is 7.73. The second kappa shape index (κ2) is 8.22. The van der Waals surface area contributed by atoms with E-state index in [0.29, 0.717) is 5.75 Å². The minimum absolute atomic E-state index is 0. The molecule has 0 aromatic heterocycles. The normalized spacial score (nSPS) is 8.31. The van der Waals surface area contributed by atoms with Crippen molar-refractivity contribution in [1.29, 1.82) is 0 Å². The smallest absolute Gasteiger partial charge is 0.872 e. The molecular weight excluding hydrogens is 211 g/mol. The van der Waals surface area contributed by atoms with Crippen molar-refractivity contribution < 1.29 is 39.8 Å². The summed E-state index contributed by atoms with van der Waals surface area (Å²) in [7, 11) is 0. The summed E-state index contributed by atoms with van der Waals surface area (Å²) in [5.41, 5.74) is 1.09. The molecule has 16 heavy (non-hydrogen) atoms. The molecule has 0 heterocycles. The Labute approximate surface area is 118 Å². The van der Waals surface area contributed by atoms with Gasteiger partial charge < -0.3 is 10.2 Å². The maximum absolute atomic E-state index is 10.3. The molecule has 2 nitrogen and oxygen atoms in total. The van der Waals surface area contributed by atoms with Crippen molar-refractivity contribution in [1.82, 2.24) is 0 Å². The molecule has 1 N–H and O–H groups in total. The minimum Gasteiger partial charge on any atom is -0.872 e. The number of hydrogen-bond donors (Lipinski definition) is 1. The van der Waals surface area contributed by atoms with Gasteiger partial charge in [-0.1, -0.05) is 42.5 Å². The third-order valence-corrected chi connectivity index (χ3v) is 1.74. The molecule has 0 bridgehead atoms. The minimum atomic E-state index is 0. The summed E-state index contributed by atoms with van der Waals surface area (Å²) in [4.78, 5) is 0. The van der Waals surface area contributed by atoms with Crippen LogP contribution in [0.25, 0.3) is 0 Å². The predicted octanol–water partition coefficient (Wildman–Crippen LogP) is -0.535. The van der Waals surface area contributed by atoms with E-state index in [-0.39, 0.29) is 35.3 Å². The monoisotopic (exact) mass is 224 g/mol. The van der Waals surface area contributed by atoms with Gasteiger partial charge >= 0.3 is 29.6 Å². The molecule has 0 atom stereocenters. The maximum atomic E-state index is 10.3. The van der Waals surface area contributed by atoms with E-state index >= 15 is 0 Å². The number of aryl methyl sites for hydroxylation is 1. The first-order valence-electron chi connectivity index (χ1n) is 4.66. The molecule has 0 aliphatic carbocycles. The van der Waals surface area contributed by atoms with Crippen molar-refractivity contribution in [2.45, 2.75) is 6.92 Å². The van der Waals surface area contributed by atoms with E-state index < -0.39 is 0 Å². The van der Waals surface area contributed by atoms with Crippen molar-refractivity contribution in [3.05, 3.63) is 60.2 Å². The second-order valence-corrected chi connectivity index (χ2v) is 3.15. The third kappa shape index (κ3) is 6.51. The summed E-state index contributed by atoms with van der Waals surface area (Å²) in [6.45, 7) is 1.94. The van der Waals surface area contributed by atoms with Gasteiger partial charge in [0.15, 0.2) is 0 Å². The Morgan fingerprint density at radius 3 is 1.88 bits per heavy atom. The molecule has 0 aliphatic rings. The summed E-state index contributed by atoms with van der Waals surface area (Å²) >= 11 is 0. The topological polar surface area (TPSA) is 43.3 Å². The van der Waals surface area contributed by atoms with Gasteiger partial charge in [0.1, 0.15) is 5.75 Å². The first-order valence-corrected chi connectivity index (χ1v) is 4.66. The van der Waals surface area contributed by atoms with E-state index in [1.54, 1.807) is 24.3 Å². The van der Waals surface area contributed by atoms with Crippen LogP contribution in [0, 0.1) is 6.92 Å². The molecule has 0 saturated heterocycles. The van der Waals surface area contributed by atoms with Crippen LogP contribution in [-0.2, 0) is 0 Å². The van der Waals surface area contributed by atoms with E-state index in [2.05, 4.69) is 0 Å². The summed E-state index contributed by atoms with van der Waals surface area (Å²) in [6.07, 6.45) is 0. The average molecular weight is 224 g/mol. The van der Waals surface area contributed by atoms with Crippen molar-refractivity contribution in [2.24, 2.45) is 0 Å². The number of phenols is 1. The van der Waals surface area contributed by atoms with Crippen LogP contribution in [0.15, 0.2) is 54.6 Å². The number of aromatic hydroxyl groups is 1. The molecule has 0 unspecified atom stereocenters. The molecule has 0 fully saturated rings. The standard InChI is InChI=1S/C7H8O.C6H6O.Na/c1-6-3-2-4-7(8)5-6;7-6-4-2-1-3-5-6;/h2-5,8H,1H3;1-5,7H;/q;;+1/p-1. The van der Waals surface area contributed by atoms with Crippen molar-refractivity contribution in [3.8, 4) is 11.5 Å². The van der Waals surface area contributed by atoms with Gasteiger partial charge in [-0.25, -0.2) is 0 Å². The molecule has 0 aliphatic heterocycles. The molecule has 0 spiro atoms. The van der Waals surface area contributed by atoms with E-state index in [1.807, 2.05) is 25.1 Å². The molecule has 2 aromatic rings. The van der Waals surface area contributed by atoms with Crippen molar-refractivity contribution in [2.75, 3.05) is 0 Å².